The lowest BCUT2D eigenvalue weighted by atomic mass is 10.1. The van der Waals surface area contributed by atoms with Crippen molar-refractivity contribution in [3.8, 4) is 0 Å². The van der Waals surface area contributed by atoms with Crippen LogP contribution in [0.3, 0.4) is 0 Å². The van der Waals surface area contributed by atoms with Gasteiger partial charge in [0, 0.05) is 37.2 Å². The lowest BCUT2D eigenvalue weighted by Crippen LogP contribution is -2.30. The Hall–Kier alpha value is -2.63. The average Bonchev–Trinajstić information content (AvgIpc) is 3.24. The van der Waals surface area contributed by atoms with Crippen LogP contribution >= 0.6 is 0 Å². The summed E-state index contributed by atoms with van der Waals surface area (Å²) < 4.78 is 3.74. The predicted octanol–water partition coefficient (Wildman–Crippen LogP) is 2.35. The molecule has 0 N–H and O–H groups in total. The van der Waals surface area contributed by atoms with Crippen molar-refractivity contribution in [2.24, 2.45) is 7.05 Å². The number of imidazole rings is 1. The third-order valence-electron chi connectivity index (χ3n) is 4.54. The molecule has 1 saturated heterocycles. The number of carbonyl (C=O) groups is 1. The molecule has 6 heteroatoms. The molecule has 0 radical (unpaired) electrons. The number of likely N-dealkylation sites (tertiary alicyclic amines) is 1. The Kier molecular flexibility index (Phi) is 3.18. The van der Waals surface area contributed by atoms with Crippen LogP contribution in [-0.2, 0) is 7.05 Å². The second-order valence-corrected chi connectivity index (χ2v) is 6.13. The van der Waals surface area contributed by atoms with Crippen molar-refractivity contribution in [3.63, 3.8) is 0 Å². The second kappa shape index (κ2) is 5.22. The number of nitrogens with zero attached hydrogens (tertiary/aromatic N) is 5. The average molecular weight is 309 g/mol. The molecule has 0 unspecified atom stereocenters. The lowest BCUT2D eigenvalue weighted by molar-refractivity contribution is 0.0730. The van der Waals surface area contributed by atoms with E-state index in [9.17, 15) is 4.79 Å². The summed E-state index contributed by atoms with van der Waals surface area (Å²) in [6.45, 7) is 2.78. The van der Waals surface area contributed by atoms with Crippen molar-refractivity contribution in [1.29, 1.82) is 0 Å². The van der Waals surface area contributed by atoms with Gasteiger partial charge < -0.3 is 9.30 Å². The van der Waals surface area contributed by atoms with Gasteiger partial charge in [-0.1, -0.05) is 6.07 Å². The normalized spacial score (nSPS) is 18.0. The summed E-state index contributed by atoms with van der Waals surface area (Å²) >= 11 is 0. The van der Waals surface area contributed by atoms with Gasteiger partial charge >= 0.3 is 0 Å². The third-order valence-corrected chi connectivity index (χ3v) is 4.54. The van der Waals surface area contributed by atoms with Crippen LogP contribution in [0.4, 0.5) is 0 Å². The maximum Gasteiger partial charge on any atom is 0.274 e. The highest BCUT2D eigenvalue weighted by molar-refractivity contribution is 5.93. The first-order valence-electron chi connectivity index (χ1n) is 7.88. The highest BCUT2D eigenvalue weighted by Gasteiger charge is 2.32. The summed E-state index contributed by atoms with van der Waals surface area (Å²) in [6, 6.07) is 5.99. The predicted molar refractivity (Wildman–Crippen MR) is 86.1 cm³/mol. The molecular weight excluding hydrogens is 290 g/mol. The van der Waals surface area contributed by atoms with E-state index in [1.54, 1.807) is 4.68 Å². The second-order valence-electron chi connectivity index (χ2n) is 6.13. The number of aromatic nitrogens is 4. The number of hydrogen-bond donors (Lipinski definition) is 0. The molecule has 4 heterocycles. The van der Waals surface area contributed by atoms with Gasteiger partial charge in [-0.25, -0.2) is 4.98 Å². The van der Waals surface area contributed by atoms with E-state index in [4.69, 9.17) is 0 Å². The Morgan fingerprint density at radius 3 is 2.91 bits per heavy atom. The molecule has 3 aromatic heterocycles. The highest BCUT2D eigenvalue weighted by Crippen LogP contribution is 2.32. The maximum atomic E-state index is 12.9. The smallest absolute Gasteiger partial charge is 0.274 e. The Bertz CT molecular complexity index is 878. The minimum Gasteiger partial charge on any atom is -0.330 e. The van der Waals surface area contributed by atoms with E-state index in [1.165, 1.54) is 0 Å². The Morgan fingerprint density at radius 2 is 2.17 bits per heavy atom. The van der Waals surface area contributed by atoms with Gasteiger partial charge in [0.1, 0.15) is 11.3 Å². The van der Waals surface area contributed by atoms with Gasteiger partial charge in [0.15, 0.2) is 0 Å². The molecule has 6 nitrogen and oxygen atoms in total. The molecule has 1 amide bonds. The summed E-state index contributed by atoms with van der Waals surface area (Å²) in [4.78, 5) is 19.4. The maximum absolute atomic E-state index is 12.9. The summed E-state index contributed by atoms with van der Waals surface area (Å²) in [5.41, 5.74) is 3.48. The van der Waals surface area contributed by atoms with E-state index in [2.05, 4.69) is 10.1 Å². The van der Waals surface area contributed by atoms with Crippen LogP contribution in [0.25, 0.3) is 5.65 Å². The minimum absolute atomic E-state index is 0.000506. The molecule has 4 rings (SSSR count). The van der Waals surface area contributed by atoms with Crippen molar-refractivity contribution in [1.82, 2.24) is 24.1 Å². The molecule has 0 saturated carbocycles. The fourth-order valence-electron chi connectivity index (χ4n) is 3.37. The van der Waals surface area contributed by atoms with Crippen LogP contribution in [0.5, 0.6) is 0 Å². The van der Waals surface area contributed by atoms with Gasteiger partial charge in [0.25, 0.3) is 5.91 Å². The van der Waals surface area contributed by atoms with E-state index in [1.807, 2.05) is 60.1 Å². The van der Waals surface area contributed by atoms with E-state index < -0.39 is 0 Å². The Morgan fingerprint density at radius 1 is 1.30 bits per heavy atom. The van der Waals surface area contributed by atoms with Crippen molar-refractivity contribution >= 4 is 11.6 Å². The fourth-order valence-corrected chi connectivity index (χ4v) is 3.37. The summed E-state index contributed by atoms with van der Waals surface area (Å²) in [5, 5.41) is 4.23. The minimum atomic E-state index is -0.000506. The first-order chi connectivity index (χ1) is 11.1. The van der Waals surface area contributed by atoms with E-state index in [0.717, 1.165) is 36.3 Å². The standard InChI is InChI=1S/C17H19N5O/c1-12-5-3-7-16-19-14(11-22(12)16)17(23)21-8-4-6-15(21)13-9-18-20(2)10-13/h3,5,7,9-11,15H,4,6,8H2,1-2H3/t15-/m1/s1. The SMILES string of the molecule is Cc1cccc2nc(C(=O)N3CCC[C@@H]3c3cnn(C)c3)cn12. The van der Waals surface area contributed by atoms with Crippen LogP contribution in [-0.4, -0.2) is 36.5 Å². The van der Waals surface area contributed by atoms with Crippen LogP contribution in [0, 0.1) is 6.92 Å². The van der Waals surface area contributed by atoms with Crippen molar-refractivity contribution < 1.29 is 4.79 Å². The van der Waals surface area contributed by atoms with Crippen LogP contribution in [0.15, 0.2) is 36.8 Å². The zero-order valence-electron chi connectivity index (χ0n) is 13.3. The monoisotopic (exact) mass is 309 g/mol. The molecular formula is C17H19N5O. The third kappa shape index (κ3) is 2.30. The summed E-state index contributed by atoms with van der Waals surface area (Å²) in [5.74, 6) is -0.000506. The van der Waals surface area contributed by atoms with Gasteiger partial charge in [-0.15, -0.1) is 0 Å². The van der Waals surface area contributed by atoms with Crippen molar-refractivity contribution in [2.75, 3.05) is 6.54 Å². The first kappa shape index (κ1) is 14.0. The molecule has 118 valence electrons. The zero-order valence-corrected chi connectivity index (χ0v) is 13.3. The molecule has 3 aromatic rings. The fraction of sp³-hybridized carbons (Fsp3) is 0.353. The Balaban J connectivity index is 1.68. The van der Waals surface area contributed by atoms with Gasteiger partial charge in [-0.3, -0.25) is 9.48 Å². The summed E-state index contributed by atoms with van der Waals surface area (Å²) in [7, 11) is 1.90. The molecule has 1 aliphatic heterocycles. The molecule has 1 aliphatic rings. The molecule has 23 heavy (non-hydrogen) atoms. The van der Waals surface area contributed by atoms with E-state index >= 15 is 0 Å². The number of pyridine rings is 1. The number of rotatable bonds is 2. The number of hydrogen-bond acceptors (Lipinski definition) is 3. The molecule has 0 spiro atoms. The molecule has 1 atom stereocenters. The molecule has 0 aliphatic carbocycles. The molecule has 0 aromatic carbocycles. The van der Waals surface area contributed by atoms with Crippen LogP contribution in [0.1, 0.15) is 40.6 Å². The number of fused-ring (bicyclic) bond motifs is 1. The lowest BCUT2D eigenvalue weighted by Gasteiger charge is -2.22. The first-order valence-corrected chi connectivity index (χ1v) is 7.88. The molecule has 1 fully saturated rings. The number of carbonyl (C=O) groups excluding carboxylic acids is 1. The summed E-state index contributed by atoms with van der Waals surface area (Å²) in [6.07, 6.45) is 7.67. The highest BCUT2D eigenvalue weighted by atomic mass is 16.2. The van der Waals surface area contributed by atoms with E-state index in [0.29, 0.717) is 5.69 Å². The molecule has 0 bridgehead atoms. The van der Waals surface area contributed by atoms with Crippen molar-refractivity contribution in [2.45, 2.75) is 25.8 Å². The van der Waals surface area contributed by atoms with Crippen molar-refractivity contribution in [3.05, 3.63) is 53.7 Å². The van der Waals surface area contributed by atoms with Gasteiger partial charge in [-0.2, -0.15) is 5.10 Å². The van der Waals surface area contributed by atoms with Gasteiger partial charge in [-0.05, 0) is 31.9 Å². The number of amides is 1. The van der Waals surface area contributed by atoms with Crippen LogP contribution < -0.4 is 0 Å². The van der Waals surface area contributed by atoms with Gasteiger partial charge in [0.2, 0.25) is 0 Å². The van der Waals surface area contributed by atoms with Gasteiger partial charge in [0.05, 0.1) is 12.2 Å². The number of aryl methyl sites for hydroxylation is 2. The van der Waals surface area contributed by atoms with Crippen LogP contribution in [0.2, 0.25) is 0 Å². The topological polar surface area (TPSA) is 55.4 Å². The quantitative estimate of drug-likeness (QED) is 0.730. The largest absolute Gasteiger partial charge is 0.330 e. The zero-order chi connectivity index (χ0) is 16.0. The Labute approximate surface area is 134 Å². The van der Waals surface area contributed by atoms with E-state index in [-0.39, 0.29) is 11.9 Å².